The Balaban J connectivity index is 1.86. The van der Waals surface area contributed by atoms with Crippen LogP contribution in [0.25, 0.3) is 11.5 Å². The highest BCUT2D eigenvalue weighted by Gasteiger charge is 2.21. The normalized spacial score (nSPS) is 10.5. The summed E-state index contributed by atoms with van der Waals surface area (Å²) in [6, 6.07) is 5.06. The molecule has 0 aliphatic heterocycles. The summed E-state index contributed by atoms with van der Waals surface area (Å²) in [6.45, 7) is 0. The highest BCUT2D eigenvalue weighted by atomic mass is 16.4. The molecule has 0 spiro atoms. The number of hydrogen-bond acceptors (Lipinski definition) is 6. The van der Waals surface area contributed by atoms with E-state index >= 15 is 0 Å². The number of carbonyl (C=O) groups excluding carboxylic acids is 1. The van der Waals surface area contributed by atoms with Gasteiger partial charge in [0.2, 0.25) is 5.95 Å². The summed E-state index contributed by atoms with van der Waals surface area (Å²) in [7, 11) is 1.53. The molecule has 0 fully saturated rings. The van der Waals surface area contributed by atoms with Gasteiger partial charge in [0.1, 0.15) is 5.69 Å². The molecule has 23 heavy (non-hydrogen) atoms. The first-order chi connectivity index (χ1) is 11.0. The number of rotatable bonds is 4. The third-order valence-corrected chi connectivity index (χ3v) is 2.93. The second-order valence-corrected chi connectivity index (χ2v) is 4.57. The molecule has 0 saturated heterocycles. The number of nitrogens with one attached hydrogen (secondary N) is 1. The average Bonchev–Trinajstić information content (AvgIpc) is 3.16. The van der Waals surface area contributed by atoms with Crippen molar-refractivity contribution in [3.05, 3.63) is 48.1 Å². The van der Waals surface area contributed by atoms with Gasteiger partial charge >= 0.3 is 5.97 Å². The molecule has 3 aromatic rings. The number of amides is 1. The van der Waals surface area contributed by atoms with Crippen molar-refractivity contribution in [1.29, 1.82) is 0 Å². The molecule has 9 nitrogen and oxygen atoms in total. The van der Waals surface area contributed by atoms with Crippen molar-refractivity contribution in [3.8, 4) is 11.5 Å². The van der Waals surface area contributed by atoms with E-state index in [1.165, 1.54) is 30.4 Å². The van der Waals surface area contributed by atoms with E-state index in [2.05, 4.69) is 20.4 Å². The molecule has 0 atom stereocenters. The topological polar surface area (TPSA) is 123 Å². The molecule has 1 amide bonds. The van der Waals surface area contributed by atoms with Gasteiger partial charge in [-0.2, -0.15) is 5.10 Å². The van der Waals surface area contributed by atoms with Gasteiger partial charge in [0.25, 0.3) is 5.91 Å². The second kappa shape index (κ2) is 5.72. The first-order valence-corrected chi connectivity index (χ1v) is 6.50. The molecule has 0 unspecified atom stereocenters. The predicted octanol–water partition coefficient (Wildman–Crippen LogP) is 1.42. The van der Waals surface area contributed by atoms with Gasteiger partial charge in [-0.25, -0.2) is 14.8 Å². The Kier molecular flexibility index (Phi) is 3.59. The van der Waals surface area contributed by atoms with E-state index in [4.69, 9.17) is 9.52 Å². The molecular weight excluding hydrogens is 302 g/mol. The van der Waals surface area contributed by atoms with Crippen molar-refractivity contribution < 1.29 is 19.1 Å². The molecule has 116 valence electrons. The lowest BCUT2D eigenvalue weighted by Gasteiger charge is -2.03. The van der Waals surface area contributed by atoms with E-state index in [0.29, 0.717) is 11.5 Å². The van der Waals surface area contributed by atoms with E-state index in [9.17, 15) is 9.59 Å². The number of carbonyl (C=O) groups is 2. The van der Waals surface area contributed by atoms with Gasteiger partial charge in [0, 0.05) is 19.4 Å². The lowest BCUT2D eigenvalue weighted by Crippen LogP contribution is -2.17. The van der Waals surface area contributed by atoms with Crippen molar-refractivity contribution in [2.24, 2.45) is 7.05 Å². The maximum absolute atomic E-state index is 12.2. The Morgan fingerprint density at radius 2 is 2.17 bits per heavy atom. The van der Waals surface area contributed by atoms with Crippen molar-refractivity contribution in [2.75, 3.05) is 5.32 Å². The van der Waals surface area contributed by atoms with Crippen molar-refractivity contribution in [3.63, 3.8) is 0 Å². The van der Waals surface area contributed by atoms with Crippen molar-refractivity contribution >= 4 is 17.8 Å². The molecule has 9 heteroatoms. The Morgan fingerprint density at radius 3 is 2.87 bits per heavy atom. The molecule has 2 N–H and O–H groups in total. The maximum Gasteiger partial charge on any atom is 0.357 e. The number of nitrogens with zero attached hydrogens (tertiary/aromatic N) is 4. The van der Waals surface area contributed by atoms with Gasteiger partial charge in [-0.05, 0) is 18.2 Å². The summed E-state index contributed by atoms with van der Waals surface area (Å²) < 4.78 is 6.47. The summed E-state index contributed by atoms with van der Waals surface area (Å²) in [5, 5.41) is 15.2. The molecular formula is C14H11N5O4. The quantitative estimate of drug-likeness (QED) is 0.746. The van der Waals surface area contributed by atoms with Crippen LogP contribution in [0, 0.1) is 0 Å². The third-order valence-electron chi connectivity index (χ3n) is 2.93. The number of hydrogen-bond donors (Lipinski definition) is 2. The molecule has 0 aliphatic rings. The smallest absolute Gasteiger partial charge is 0.357 e. The summed E-state index contributed by atoms with van der Waals surface area (Å²) in [5.74, 6) is -1.40. The van der Waals surface area contributed by atoms with Crippen LogP contribution in [0.15, 0.2) is 41.3 Å². The largest absolute Gasteiger partial charge is 0.476 e. The van der Waals surface area contributed by atoms with E-state index in [1.54, 1.807) is 18.2 Å². The van der Waals surface area contributed by atoms with Gasteiger partial charge in [-0.1, -0.05) is 0 Å². The maximum atomic E-state index is 12.2. The van der Waals surface area contributed by atoms with Crippen LogP contribution in [0.5, 0.6) is 0 Å². The van der Waals surface area contributed by atoms with Crippen LogP contribution in [0.4, 0.5) is 5.95 Å². The number of carboxylic acid groups (broad SMARTS) is 1. The van der Waals surface area contributed by atoms with E-state index < -0.39 is 11.9 Å². The monoisotopic (exact) mass is 313 g/mol. The minimum atomic E-state index is -1.29. The Bertz CT molecular complexity index is 869. The van der Waals surface area contributed by atoms with Gasteiger partial charge in [0.05, 0.1) is 11.8 Å². The van der Waals surface area contributed by atoms with Crippen LogP contribution >= 0.6 is 0 Å². The molecule has 0 aromatic carbocycles. The van der Waals surface area contributed by atoms with Crippen LogP contribution in [0.1, 0.15) is 20.8 Å². The zero-order valence-electron chi connectivity index (χ0n) is 11.9. The lowest BCUT2D eigenvalue weighted by atomic mass is 10.2. The summed E-state index contributed by atoms with van der Waals surface area (Å²) >= 11 is 0. The minimum absolute atomic E-state index is 0.0316. The number of aryl methyl sites for hydroxylation is 1. The zero-order chi connectivity index (χ0) is 16.4. The third kappa shape index (κ3) is 2.93. The summed E-state index contributed by atoms with van der Waals surface area (Å²) in [5.41, 5.74) is 0.0733. The average molecular weight is 313 g/mol. The number of carboxylic acids is 1. The molecule has 0 bridgehead atoms. The fourth-order valence-electron chi connectivity index (χ4n) is 1.96. The number of aromatic carboxylic acids is 1. The SMILES string of the molecule is Cn1cc(C(=O)Nc2nccc(-c3ccco3)n2)c(C(=O)O)n1. The van der Waals surface area contributed by atoms with E-state index in [-0.39, 0.29) is 17.2 Å². The molecule has 0 aliphatic carbocycles. The van der Waals surface area contributed by atoms with Gasteiger partial charge in [-0.15, -0.1) is 0 Å². The summed E-state index contributed by atoms with van der Waals surface area (Å²) in [4.78, 5) is 31.4. The zero-order valence-corrected chi connectivity index (χ0v) is 11.9. The molecule has 3 heterocycles. The van der Waals surface area contributed by atoms with Crippen LogP contribution in [-0.4, -0.2) is 36.7 Å². The van der Waals surface area contributed by atoms with Crippen LogP contribution in [0.2, 0.25) is 0 Å². The van der Waals surface area contributed by atoms with Gasteiger partial charge in [-0.3, -0.25) is 14.8 Å². The standard InChI is InChI=1S/C14H11N5O4/c1-19-7-8(11(18-19)13(21)22)12(20)17-14-15-5-4-9(16-14)10-3-2-6-23-10/h2-7H,1H3,(H,21,22)(H,15,16,17,20). The fraction of sp³-hybridized carbons (Fsp3) is 0.0714. The Morgan fingerprint density at radius 1 is 1.35 bits per heavy atom. The Labute approximate surface area is 129 Å². The second-order valence-electron chi connectivity index (χ2n) is 4.57. The number of furan rings is 1. The number of anilines is 1. The van der Waals surface area contributed by atoms with Crippen LogP contribution in [0.3, 0.4) is 0 Å². The van der Waals surface area contributed by atoms with Crippen LogP contribution < -0.4 is 5.32 Å². The highest BCUT2D eigenvalue weighted by molar-refractivity contribution is 6.09. The lowest BCUT2D eigenvalue weighted by molar-refractivity contribution is 0.0685. The molecule has 3 aromatic heterocycles. The number of aromatic nitrogens is 4. The molecule has 0 radical (unpaired) electrons. The van der Waals surface area contributed by atoms with E-state index in [0.717, 1.165) is 0 Å². The molecule has 3 rings (SSSR count). The minimum Gasteiger partial charge on any atom is -0.476 e. The van der Waals surface area contributed by atoms with Gasteiger partial charge in [0.15, 0.2) is 11.5 Å². The first-order valence-electron chi connectivity index (χ1n) is 6.50. The predicted molar refractivity (Wildman–Crippen MR) is 77.9 cm³/mol. The highest BCUT2D eigenvalue weighted by Crippen LogP contribution is 2.18. The van der Waals surface area contributed by atoms with Gasteiger partial charge < -0.3 is 9.52 Å². The van der Waals surface area contributed by atoms with Crippen LogP contribution in [-0.2, 0) is 7.05 Å². The first kappa shape index (κ1) is 14.4. The Hall–Kier alpha value is -3.49. The van der Waals surface area contributed by atoms with Crippen molar-refractivity contribution in [1.82, 2.24) is 19.7 Å². The summed E-state index contributed by atoms with van der Waals surface area (Å²) in [6.07, 6.45) is 4.28. The fourth-order valence-corrected chi connectivity index (χ4v) is 1.96. The van der Waals surface area contributed by atoms with Crippen molar-refractivity contribution in [2.45, 2.75) is 0 Å². The van der Waals surface area contributed by atoms with E-state index in [1.807, 2.05) is 0 Å². The molecule has 0 saturated carbocycles.